The number of fused-ring (bicyclic) bond motifs is 3. The summed E-state index contributed by atoms with van der Waals surface area (Å²) in [4.78, 5) is 17.1. The molecule has 1 unspecified atom stereocenters. The maximum absolute atomic E-state index is 12.6. The van der Waals surface area contributed by atoms with E-state index in [1.165, 1.54) is 11.3 Å². The average Bonchev–Trinajstić information content (AvgIpc) is 3.06. The summed E-state index contributed by atoms with van der Waals surface area (Å²) in [6.07, 6.45) is 0.670. The molecule has 0 saturated carbocycles. The number of thiazole rings is 1. The number of ether oxygens (including phenoxy) is 3. The molecule has 6 nitrogen and oxygen atoms in total. The van der Waals surface area contributed by atoms with Gasteiger partial charge in [0.25, 0.3) is 0 Å². The fourth-order valence-corrected chi connectivity index (χ4v) is 4.10. The van der Waals surface area contributed by atoms with Gasteiger partial charge in [-0.05, 0) is 18.1 Å². The first-order valence-corrected chi connectivity index (χ1v) is 9.30. The van der Waals surface area contributed by atoms with Crippen molar-refractivity contribution in [2.45, 2.75) is 6.42 Å². The molecular formula is C19H16N2O4S. The topological polar surface area (TPSA) is 69.7 Å². The fraction of sp³-hybridized carbons (Fsp3) is 0.263. The smallest absolute Gasteiger partial charge is 0.233 e. The number of nitrogens with zero attached hydrogens (tertiary/aromatic N) is 1. The fourth-order valence-electron chi connectivity index (χ4n) is 3.22. The van der Waals surface area contributed by atoms with Crippen molar-refractivity contribution in [3.8, 4) is 17.2 Å². The van der Waals surface area contributed by atoms with E-state index in [0.717, 1.165) is 27.3 Å². The van der Waals surface area contributed by atoms with Crippen LogP contribution in [0.5, 0.6) is 17.2 Å². The Morgan fingerprint density at radius 2 is 1.88 bits per heavy atom. The molecule has 5 rings (SSSR count). The second kappa shape index (κ2) is 6.17. The molecule has 0 aliphatic carbocycles. The predicted molar refractivity (Wildman–Crippen MR) is 98.4 cm³/mol. The minimum Gasteiger partial charge on any atom is -0.492 e. The number of para-hydroxylation sites is 1. The third-order valence-electron chi connectivity index (χ3n) is 4.53. The molecule has 26 heavy (non-hydrogen) atoms. The number of aromatic nitrogens is 1. The lowest BCUT2D eigenvalue weighted by molar-refractivity contribution is -0.121. The van der Waals surface area contributed by atoms with Crippen LogP contribution in [0, 0.1) is 5.92 Å². The van der Waals surface area contributed by atoms with Crippen LogP contribution in [-0.2, 0) is 11.2 Å². The van der Waals surface area contributed by atoms with E-state index in [1.807, 2.05) is 36.4 Å². The van der Waals surface area contributed by atoms with Gasteiger partial charge in [0.2, 0.25) is 5.91 Å². The summed E-state index contributed by atoms with van der Waals surface area (Å²) in [5.74, 6) is 1.99. The van der Waals surface area contributed by atoms with Gasteiger partial charge in [-0.25, -0.2) is 4.98 Å². The molecule has 1 N–H and O–H groups in total. The van der Waals surface area contributed by atoms with Crippen molar-refractivity contribution >= 4 is 32.6 Å². The van der Waals surface area contributed by atoms with Crippen LogP contribution in [0.25, 0.3) is 10.2 Å². The SMILES string of the molecule is O=C(Nc1nc2cc3c(cc2s1)OCCO3)C1COc2ccccc2C1. The number of amides is 1. The highest BCUT2D eigenvalue weighted by atomic mass is 32.1. The van der Waals surface area contributed by atoms with E-state index in [1.54, 1.807) is 0 Å². The summed E-state index contributed by atoms with van der Waals surface area (Å²) < 4.78 is 17.9. The van der Waals surface area contributed by atoms with E-state index < -0.39 is 0 Å². The lowest BCUT2D eigenvalue weighted by atomic mass is 9.96. The molecule has 2 aliphatic heterocycles. The molecule has 132 valence electrons. The molecule has 7 heteroatoms. The van der Waals surface area contributed by atoms with Gasteiger partial charge >= 0.3 is 0 Å². The first kappa shape index (κ1) is 15.5. The summed E-state index contributed by atoms with van der Waals surface area (Å²) in [7, 11) is 0. The van der Waals surface area contributed by atoms with E-state index in [4.69, 9.17) is 14.2 Å². The molecular weight excluding hydrogens is 352 g/mol. The molecule has 1 atom stereocenters. The van der Waals surface area contributed by atoms with Crippen LogP contribution < -0.4 is 19.5 Å². The Kier molecular flexibility index (Phi) is 3.67. The van der Waals surface area contributed by atoms with E-state index in [2.05, 4.69) is 10.3 Å². The highest BCUT2D eigenvalue weighted by Crippen LogP contribution is 2.38. The first-order chi connectivity index (χ1) is 12.8. The molecule has 0 fully saturated rings. The Balaban J connectivity index is 1.35. The monoisotopic (exact) mass is 368 g/mol. The zero-order chi connectivity index (χ0) is 17.5. The van der Waals surface area contributed by atoms with Gasteiger partial charge in [0.1, 0.15) is 25.6 Å². The van der Waals surface area contributed by atoms with Crippen molar-refractivity contribution in [3.63, 3.8) is 0 Å². The summed E-state index contributed by atoms with van der Waals surface area (Å²) in [5, 5.41) is 3.50. The summed E-state index contributed by atoms with van der Waals surface area (Å²) >= 11 is 1.43. The second-order valence-corrected chi connectivity index (χ2v) is 7.32. The van der Waals surface area contributed by atoms with Crippen LogP contribution in [0.4, 0.5) is 5.13 Å². The Labute approximate surface area is 153 Å². The number of benzene rings is 2. The van der Waals surface area contributed by atoms with Crippen molar-refractivity contribution in [1.82, 2.24) is 4.98 Å². The van der Waals surface area contributed by atoms with E-state index in [9.17, 15) is 4.79 Å². The van der Waals surface area contributed by atoms with Crippen molar-refractivity contribution in [2.75, 3.05) is 25.1 Å². The van der Waals surface area contributed by atoms with Crippen molar-refractivity contribution in [1.29, 1.82) is 0 Å². The quantitative estimate of drug-likeness (QED) is 0.752. The molecule has 3 aromatic rings. The molecule has 1 aromatic heterocycles. The number of carbonyl (C=O) groups is 1. The van der Waals surface area contributed by atoms with Crippen molar-refractivity contribution < 1.29 is 19.0 Å². The van der Waals surface area contributed by atoms with Crippen molar-refractivity contribution in [2.24, 2.45) is 5.92 Å². The van der Waals surface area contributed by atoms with Gasteiger partial charge in [0, 0.05) is 12.1 Å². The zero-order valence-electron chi connectivity index (χ0n) is 13.9. The number of carbonyl (C=O) groups excluding carboxylic acids is 1. The van der Waals surface area contributed by atoms with Gasteiger partial charge in [0.15, 0.2) is 16.6 Å². The maximum atomic E-state index is 12.6. The Morgan fingerprint density at radius 3 is 2.77 bits per heavy atom. The third-order valence-corrected chi connectivity index (χ3v) is 5.47. The van der Waals surface area contributed by atoms with E-state index in [0.29, 0.717) is 37.1 Å². The maximum Gasteiger partial charge on any atom is 0.233 e. The van der Waals surface area contributed by atoms with E-state index in [-0.39, 0.29) is 11.8 Å². The molecule has 2 aliphatic rings. The normalized spacial score (nSPS) is 18.1. The molecule has 0 bridgehead atoms. The predicted octanol–water partition coefficient (Wildman–Crippen LogP) is 3.26. The lowest BCUT2D eigenvalue weighted by Crippen LogP contribution is -2.32. The van der Waals surface area contributed by atoms with Gasteiger partial charge in [-0.1, -0.05) is 29.5 Å². The number of nitrogens with one attached hydrogen (secondary N) is 1. The van der Waals surface area contributed by atoms with Crippen molar-refractivity contribution in [3.05, 3.63) is 42.0 Å². The first-order valence-electron chi connectivity index (χ1n) is 8.48. The lowest BCUT2D eigenvalue weighted by Gasteiger charge is -2.24. The largest absolute Gasteiger partial charge is 0.492 e. The molecule has 0 radical (unpaired) electrons. The summed E-state index contributed by atoms with van der Waals surface area (Å²) in [5.41, 5.74) is 1.85. The van der Waals surface area contributed by atoms with Crippen LogP contribution in [-0.4, -0.2) is 30.7 Å². The zero-order valence-corrected chi connectivity index (χ0v) is 14.7. The van der Waals surface area contributed by atoms with Crippen LogP contribution in [0.15, 0.2) is 36.4 Å². The Bertz CT molecular complexity index is 957. The van der Waals surface area contributed by atoms with Gasteiger partial charge in [-0.15, -0.1) is 0 Å². The third kappa shape index (κ3) is 2.74. The number of hydrogen-bond donors (Lipinski definition) is 1. The highest BCUT2D eigenvalue weighted by molar-refractivity contribution is 7.22. The van der Waals surface area contributed by atoms with Crippen LogP contribution in [0.1, 0.15) is 5.56 Å². The van der Waals surface area contributed by atoms with Gasteiger partial charge < -0.3 is 19.5 Å². The summed E-state index contributed by atoms with van der Waals surface area (Å²) in [6.45, 7) is 1.46. The minimum atomic E-state index is -0.225. The highest BCUT2D eigenvalue weighted by Gasteiger charge is 2.26. The standard InChI is InChI=1S/C19H16N2O4S/c22-18(12-7-11-3-1-2-4-14(11)25-10-12)21-19-20-13-8-15-16(9-17(13)26-19)24-6-5-23-15/h1-4,8-9,12H,5-7,10H2,(H,20,21,22). The number of hydrogen-bond acceptors (Lipinski definition) is 6. The number of anilines is 1. The molecule has 0 saturated heterocycles. The molecule has 1 amide bonds. The second-order valence-electron chi connectivity index (χ2n) is 6.29. The number of rotatable bonds is 2. The average molecular weight is 368 g/mol. The van der Waals surface area contributed by atoms with Gasteiger partial charge in [-0.2, -0.15) is 0 Å². The Hall–Kier alpha value is -2.80. The van der Waals surface area contributed by atoms with Gasteiger partial charge in [0.05, 0.1) is 16.1 Å². The van der Waals surface area contributed by atoms with Crippen LogP contribution in [0.2, 0.25) is 0 Å². The van der Waals surface area contributed by atoms with Gasteiger partial charge in [-0.3, -0.25) is 4.79 Å². The molecule has 2 aromatic carbocycles. The summed E-state index contributed by atoms with van der Waals surface area (Å²) in [6, 6.07) is 11.6. The van der Waals surface area contributed by atoms with Crippen LogP contribution >= 0.6 is 11.3 Å². The molecule has 0 spiro atoms. The minimum absolute atomic E-state index is 0.0733. The molecule has 3 heterocycles. The van der Waals surface area contributed by atoms with E-state index >= 15 is 0 Å². The van der Waals surface area contributed by atoms with Crippen LogP contribution in [0.3, 0.4) is 0 Å². The Morgan fingerprint density at radius 1 is 1.08 bits per heavy atom.